The van der Waals surface area contributed by atoms with Gasteiger partial charge in [-0.05, 0) is 108 Å². The van der Waals surface area contributed by atoms with Gasteiger partial charge in [-0.25, -0.2) is 0 Å². The van der Waals surface area contributed by atoms with Crippen LogP contribution in [0.5, 0.6) is 11.5 Å². The molecule has 3 aromatic carbocycles. The zero-order valence-corrected chi connectivity index (χ0v) is 21.1. The number of aliphatic hydroxyl groups is 1. The number of hydrogen-bond donors (Lipinski definition) is 1. The Hall–Kier alpha value is -2.57. The first-order valence-corrected chi connectivity index (χ1v) is 14.0. The lowest BCUT2D eigenvalue weighted by atomic mass is 9.55. The number of rotatable bonds is 4. The monoisotopic (exact) mass is 492 g/mol. The molecule has 0 bridgehead atoms. The quantitative estimate of drug-likeness (QED) is 0.464. The fraction of sp³-hybridized carbons (Fsp3) is 0.448. The van der Waals surface area contributed by atoms with E-state index in [2.05, 4.69) is 6.92 Å². The molecule has 1 N–H and O–H groups in total. The van der Waals surface area contributed by atoms with Gasteiger partial charge in [0.05, 0.1) is 13.2 Å². The molecule has 0 saturated heterocycles. The summed E-state index contributed by atoms with van der Waals surface area (Å²) in [5, 5.41) is 12.5. The van der Waals surface area contributed by atoms with Crippen molar-refractivity contribution >= 4 is 20.9 Å². The topological polar surface area (TPSA) is 72.8 Å². The van der Waals surface area contributed by atoms with Crippen LogP contribution >= 0.6 is 0 Å². The minimum atomic E-state index is -4.02. The van der Waals surface area contributed by atoms with Crippen LogP contribution in [-0.4, -0.2) is 26.7 Å². The highest BCUT2D eigenvalue weighted by molar-refractivity contribution is 7.87. The highest BCUT2D eigenvalue weighted by Crippen LogP contribution is 2.61. The zero-order valence-electron chi connectivity index (χ0n) is 20.2. The van der Waals surface area contributed by atoms with Crippen molar-refractivity contribution in [1.82, 2.24) is 0 Å². The van der Waals surface area contributed by atoms with Crippen molar-refractivity contribution in [2.75, 3.05) is 7.11 Å². The first-order valence-electron chi connectivity index (χ1n) is 12.6. The molecule has 5 nitrogen and oxygen atoms in total. The maximum atomic E-state index is 13.2. The minimum Gasteiger partial charge on any atom is -0.493 e. The summed E-state index contributed by atoms with van der Waals surface area (Å²) in [7, 11) is -2.46. The molecule has 184 valence electrons. The predicted molar refractivity (Wildman–Crippen MR) is 135 cm³/mol. The first-order chi connectivity index (χ1) is 16.8. The van der Waals surface area contributed by atoms with Crippen LogP contribution in [0.2, 0.25) is 0 Å². The molecule has 5 atom stereocenters. The lowest BCUT2D eigenvalue weighted by Gasteiger charge is -2.50. The molecule has 35 heavy (non-hydrogen) atoms. The van der Waals surface area contributed by atoms with E-state index in [1.807, 2.05) is 36.4 Å². The van der Waals surface area contributed by atoms with E-state index < -0.39 is 10.1 Å². The molecule has 2 fully saturated rings. The number of fused-ring (bicyclic) bond motifs is 6. The Morgan fingerprint density at radius 3 is 2.54 bits per heavy atom. The Morgan fingerprint density at radius 2 is 1.74 bits per heavy atom. The van der Waals surface area contributed by atoms with E-state index >= 15 is 0 Å². The molecule has 0 aromatic heterocycles. The molecule has 3 aliphatic rings. The summed E-state index contributed by atoms with van der Waals surface area (Å²) in [4.78, 5) is 0.127. The Bertz CT molecular complexity index is 1400. The Balaban J connectivity index is 1.32. The van der Waals surface area contributed by atoms with Crippen molar-refractivity contribution in [3.8, 4) is 11.5 Å². The third kappa shape index (κ3) is 3.64. The number of benzene rings is 3. The molecule has 6 heteroatoms. The van der Waals surface area contributed by atoms with Crippen molar-refractivity contribution in [2.24, 2.45) is 17.3 Å². The van der Waals surface area contributed by atoms with Crippen LogP contribution in [0, 0.1) is 17.3 Å². The summed E-state index contributed by atoms with van der Waals surface area (Å²) >= 11 is 0. The van der Waals surface area contributed by atoms with E-state index in [0.29, 0.717) is 23.5 Å². The maximum Gasteiger partial charge on any atom is 0.339 e. The van der Waals surface area contributed by atoms with Crippen LogP contribution in [0.25, 0.3) is 10.8 Å². The summed E-state index contributed by atoms with van der Waals surface area (Å²) in [6.07, 6.45) is 5.82. The molecular formula is C29H32O5S. The fourth-order valence-electron chi connectivity index (χ4n) is 7.26. The number of aryl methyl sites for hydroxylation is 1. The molecular weight excluding hydrogens is 460 g/mol. The van der Waals surface area contributed by atoms with E-state index in [-0.39, 0.29) is 22.2 Å². The average molecular weight is 493 g/mol. The van der Waals surface area contributed by atoms with Crippen molar-refractivity contribution in [3.05, 3.63) is 65.7 Å². The van der Waals surface area contributed by atoms with E-state index in [4.69, 9.17) is 8.92 Å². The third-order valence-corrected chi connectivity index (χ3v) is 10.4. The SMILES string of the molecule is COc1cc2c(cc1OS(=O)(=O)c1ccc3ccccc3c1)CCC1C2CC[C@@]2(C)C1CC[C@@H]2O. The fourth-order valence-corrected chi connectivity index (χ4v) is 8.23. The molecule has 0 aliphatic heterocycles. The van der Waals surface area contributed by atoms with Gasteiger partial charge in [0, 0.05) is 0 Å². The second-order valence-electron chi connectivity index (χ2n) is 10.8. The number of hydrogen-bond acceptors (Lipinski definition) is 5. The molecule has 3 aromatic rings. The first kappa shape index (κ1) is 22.9. The largest absolute Gasteiger partial charge is 0.493 e. The molecule has 0 heterocycles. The highest BCUT2D eigenvalue weighted by atomic mass is 32.2. The van der Waals surface area contributed by atoms with Gasteiger partial charge in [-0.3, -0.25) is 0 Å². The standard InChI is InChI=1S/C29H32O5S/c1-29-14-13-22-23(25(29)11-12-28(29)30)10-8-20-16-27(26(33-2)17-24(20)22)34-35(31,32)21-9-7-18-5-3-4-6-19(18)15-21/h3-7,9,15-17,22-23,25,28,30H,8,10-14H2,1-2H3/t22?,23?,25?,28-,29-/m0/s1. The van der Waals surface area contributed by atoms with E-state index in [1.165, 1.54) is 5.56 Å². The zero-order chi connectivity index (χ0) is 24.4. The van der Waals surface area contributed by atoms with Gasteiger partial charge in [-0.15, -0.1) is 0 Å². The van der Waals surface area contributed by atoms with Crippen LogP contribution in [0.4, 0.5) is 0 Å². The second-order valence-corrected chi connectivity index (χ2v) is 12.3. The summed E-state index contributed by atoms with van der Waals surface area (Å²) in [5.41, 5.74) is 2.44. The summed E-state index contributed by atoms with van der Waals surface area (Å²) in [5.74, 6) is 2.21. The van der Waals surface area contributed by atoms with Crippen molar-refractivity contribution in [3.63, 3.8) is 0 Å². The van der Waals surface area contributed by atoms with Gasteiger partial charge in [0.15, 0.2) is 11.5 Å². The van der Waals surface area contributed by atoms with Crippen molar-refractivity contribution in [1.29, 1.82) is 0 Å². The van der Waals surface area contributed by atoms with Gasteiger partial charge in [-0.2, -0.15) is 8.42 Å². The maximum absolute atomic E-state index is 13.2. The minimum absolute atomic E-state index is 0.0275. The Kier molecular flexibility index (Phi) is 5.38. The van der Waals surface area contributed by atoms with Crippen LogP contribution in [0.1, 0.15) is 56.1 Å². The molecule has 3 unspecified atom stereocenters. The van der Waals surface area contributed by atoms with Crippen LogP contribution < -0.4 is 8.92 Å². The van der Waals surface area contributed by atoms with Gasteiger partial charge in [-0.1, -0.05) is 37.3 Å². The van der Waals surface area contributed by atoms with E-state index in [1.54, 1.807) is 25.3 Å². The summed E-state index contributed by atoms with van der Waals surface area (Å²) < 4.78 is 37.7. The van der Waals surface area contributed by atoms with Gasteiger partial charge in [0.25, 0.3) is 0 Å². The summed E-state index contributed by atoms with van der Waals surface area (Å²) in [6.45, 7) is 2.27. The Labute approximate surface area is 207 Å². The Morgan fingerprint density at radius 1 is 0.943 bits per heavy atom. The molecule has 6 rings (SSSR count). The van der Waals surface area contributed by atoms with Crippen molar-refractivity contribution < 1.29 is 22.4 Å². The van der Waals surface area contributed by atoms with Gasteiger partial charge >= 0.3 is 10.1 Å². The third-order valence-electron chi connectivity index (χ3n) is 9.17. The van der Waals surface area contributed by atoms with Gasteiger partial charge < -0.3 is 14.0 Å². The molecule has 2 saturated carbocycles. The van der Waals surface area contributed by atoms with Crippen LogP contribution in [0.3, 0.4) is 0 Å². The number of methoxy groups -OCH3 is 1. The molecule has 0 radical (unpaired) electrons. The molecule has 3 aliphatic carbocycles. The van der Waals surface area contributed by atoms with Gasteiger partial charge in [0.2, 0.25) is 0 Å². The second kappa shape index (κ2) is 8.24. The smallest absolute Gasteiger partial charge is 0.339 e. The number of ether oxygens (including phenoxy) is 1. The van der Waals surface area contributed by atoms with Crippen LogP contribution in [0.15, 0.2) is 59.5 Å². The number of aliphatic hydroxyl groups excluding tert-OH is 1. The highest BCUT2D eigenvalue weighted by Gasteiger charge is 2.54. The predicted octanol–water partition coefficient (Wildman–Crippen LogP) is 5.83. The van der Waals surface area contributed by atoms with E-state index in [0.717, 1.165) is 54.9 Å². The summed E-state index contributed by atoms with van der Waals surface area (Å²) in [6, 6.07) is 16.6. The van der Waals surface area contributed by atoms with Crippen LogP contribution in [-0.2, 0) is 16.5 Å². The lowest BCUT2D eigenvalue weighted by Crippen LogP contribution is -2.43. The van der Waals surface area contributed by atoms with Gasteiger partial charge in [0.1, 0.15) is 4.90 Å². The normalized spacial score (nSPS) is 29.8. The lowest BCUT2D eigenvalue weighted by molar-refractivity contribution is -0.0226. The molecule has 0 amide bonds. The van der Waals surface area contributed by atoms with E-state index in [9.17, 15) is 13.5 Å². The van der Waals surface area contributed by atoms with Crippen molar-refractivity contribution in [2.45, 2.75) is 62.4 Å². The molecule has 0 spiro atoms. The average Bonchev–Trinajstić information content (AvgIpc) is 3.17.